The SMILES string of the molecule is O=C1C2C3C=CC(C3)C2C(=O)N1OS(=O)(=O)c1ccccc1. The summed E-state index contributed by atoms with van der Waals surface area (Å²) in [6.07, 6.45) is 4.66. The highest BCUT2D eigenvalue weighted by atomic mass is 32.2. The van der Waals surface area contributed by atoms with Gasteiger partial charge in [0.2, 0.25) is 0 Å². The quantitative estimate of drug-likeness (QED) is 0.616. The van der Waals surface area contributed by atoms with E-state index in [1.54, 1.807) is 18.2 Å². The molecule has 1 aromatic rings. The molecule has 6 nitrogen and oxygen atoms in total. The highest BCUT2D eigenvalue weighted by molar-refractivity contribution is 7.86. The summed E-state index contributed by atoms with van der Waals surface area (Å²) in [6, 6.07) is 7.46. The van der Waals surface area contributed by atoms with E-state index in [-0.39, 0.29) is 16.7 Å². The average molecular weight is 319 g/mol. The molecule has 4 rings (SSSR count). The molecular weight excluding hydrogens is 306 g/mol. The monoisotopic (exact) mass is 319 g/mol. The van der Waals surface area contributed by atoms with E-state index in [1.807, 2.05) is 12.2 Å². The first-order valence-corrected chi connectivity index (χ1v) is 8.45. The van der Waals surface area contributed by atoms with Gasteiger partial charge in [-0.15, -0.1) is 9.35 Å². The molecule has 7 heteroatoms. The molecule has 1 heterocycles. The van der Waals surface area contributed by atoms with Crippen LogP contribution in [-0.4, -0.2) is 25.3 Å². The Morgan fingerprint density at radius 1 is 0.955 bits per heavy atom. The van der Waals surface area contributed by atoms with Gasteiger partial charge >= 0.3 is 10.1 Å². The third kappa shape index (κ3) is 1.79. The molecule has 2 amide bonds. The maximum absolute atomic E-state index is 12.4. The molecule has 1 aliphatic heterocycles. The molecule has 2 fully saturated rings. The van der Waals surface area contributed by atoms with Gasteiger partial charge in [-0.3, -0.25) is 9.59 Å². The van der Waals surface area contributed by atoms with E-state index in [1.165, 1.54) is 12.1 Å². The lowest BCUT2D eigenvalue weighted by Gasteiger charge is -2.15. The van der Waals surface area contributed by atoms with Gasteiger partial charge in [-0.1, -0.05) is 30.4 Å². The van der Waals surface area contributed by atoms with Gasteiger partial charge in [-0.25, -0.2) is 0 Å². The van der Waals surface area contributed by atoms with Gasteiger partial charge in [0, 0.05) is 0 Å². The maximum atomic E-state index is 12.4. The number of imide groups is 1. The summed E-state index contributed by atoms with van der Waals surface area (Å²) in [4.78, 5) is 24.7. The predicted octanol–water partition coefficient (Wildman–Crippen LogP) is 1.11. The molecule has 0 spiro atoms. The van der Waals surface area contributed by atoms with E-state index in [9.17, 15) is 18.0 Å². The molecule has 4 atom stereocenters. The number of carbonyl (C=O) groups is 2. The highest BCUT2D eigenvalue weighted by Crippen LogP contribution is 2.52. The Bertz CT molecular complexity index is 755. The van der Waals surface area contributed by atoms with Crippen LogP contribution in [0, 0.1) is 23.7 Å². The van der Waals surface area contributed by atoms with Crippen molar-refractivity contribution in [1.29, 1.82) is 0 Å². The van der Waals surface area contributed by atoms with E-state index in [0.717, 1.165) is 6.42 Å². The number of rotatable bonds is 3. The van der Waals surface area contributed by atoms with Crippen molar-refractivity contribution in [2.45, 2.75) is 11.3 Å². The van der Waals surface area contributed by atoms with Crippen molar-refractivity contribution in [2.75, 3.05) is 0 Å². The molecule has 0 radical (unpaired) electrons. The molecule has 1 saturated heterocycles. The number of hydrogen-bond acceptors (Lipinski definition) is 5. The summed E-state index contributed by atoms with van der Waals surface area (Å²) in [5.74, 6) is -2.03. The normalized spacial score (nSPS) is 32.8. The second-order valence-corrected chi connectivity index (χ2v) is 7.34. The fraction of sp³-hybridized carbons (Fsp3) is 0.333. The fourth-order valence-electron chi connectivity index (χ4n) is 3.68. The van der Waals surface area contributed by atoms with Crippen LogP contribution in [0.1, 0.15) is 6.42 Å². The lowest BCUT2D eigenvalue weighted by molar-refractivity contribution is -0.166. The molecular formula is C15H13NO5S. The van der Waals surface area contributed by atoms with Crippen molar-refractivity contribution >= 4 is 21.9 Å². The average Bonchev–Trinajstić information content (AvgIpc) is 3.18. The number of allylic oxidation sites excluding steroid dienone is 2. The van der Waals surface area contributed by atoms with Crippen LogP contribution in [0.4, 0.5) is 0 Å². The Hall–Kier alpha value is -1.99. The third-order valence-corrected chi connectivity index (χ3v) is 5.83. The summed E-state index contributed by atoms with van der Waals surface area (Å²) in [5.41, 5.74) is 0. The molecule has 2 bridgehead atoms. The zero-order valence-corrected chi connectivity index (χ0v) is 12.3. The van der Waals surface area contributed by atoms with Gasteiger partial charge < -0.3 is 0 Å². The molecule has 4 unspecified atom stereocenters. The Labute approximate surface area is 127 Å². The number of amides is 2. The van der Waals surface area contributed by atoms with Crippen LogP contribution in [0.2, 0.25) is 0 Å². The van der Waals surface area contributed by atoms with Gasteiger partial charge in [0.15, 0.2) is 0 Å². The number of nitrogens with zero attached hydrogens (tertiary/aromatic N) is 1. The molecule has 3 aliphatic rings. The first-order valence-electron chi connectivity index (χ1n) is 7.05. The summed E-state index contributed by atoms with van der Waals surface area (Å²) < 4.78 is 29.2. The van der Waals surface area contributed by atoms with Crippen LogP contribution in [-0.2, 0) is 24.0 Å². The molecule has 22 heavy (non-hydrogen) atoms. The smallest absolute Gasteiger partial charge is 0.272 e. The predicted molar refractivity (Wildman–Crippen MR) is 74.3 cm³/mol. The lowest BCUT2D eigenvalue weighted by Crippen LogP contribution is -2.35. The van der Waals surface area contributed by atoms with Crippen LogP contribution in [0.15, 0.2) is 47.4 Å². The van der Waals surface area contributed by atoms with Crippen molar-refractivity contribution < 1.29 is 22.3 Å². The van der Waals surface area contributed by atoms with E-state index in [0.29, 0.717) is 5.06 Å². The molecule has 114 valence electrons. The van der Waals surface area contributed by atoms with Crippen LogP contribution in [0.3, 0.4) is 0 Å². The van der Waals surface area contributed by atoms with Gasteiger partial charge in [-0.05, 0) is 30.4 Å². The Kier molecular flexibility index (Phi) is 2.79. The number of benzene rings is 1. The van der Waals surface area contributed by atoms with Gasteiger partial charge in [0.25, 0.3) is 11.8 Å². The Morgan fingerprint density at radius 2 is 1.50 bits per heavy atom. The summed E-state index contributed by atoms with van der Waals surface area (Å²) in [6.45, 7) is 0. The second-order valence-electron chi connectivity index (χ2n) is 5.81. The largest absolute Gasteiger partial charge is 0.318 e. The highest BCUT2D eigenvalue weighted by Gasteiger charge is 2.60. The molecule has 0 N–H and O–H groups in total. The summed E-state index contributed by atoms with van der Waals surface area (Å²) >= 11 is 0. The van der Waals surface area contributed by atoms with E-state index >= 15 is 0 Å². The number of hydroxylamine groups is 2. The first kappa shape index (κ1) is 13.7. The zero-order chi connectivity index (χ0) is 15.5. The molecule has 0 aromatic heterocycles. The lowest BCUT2D eigenvalue weighted by atomic mass is 9.85. The van der Waals surface area contributed by atoms with Crippen LogP contribution in [0.25, 0.3) is 0 Å². The first-order chi connectivity index (χ1) is 10.5. The maximum Gasteiger partial charge on any atom is 0.318 e. The minimum absolute atomic E-state index is 0.0134. The molecule has 2 aliphatic carbocycles. The molecule has 1 aromatic carbocycles. The topological polar surface area (TPSA) is 80.8 Å². The molecule has 1 saturated carbocycles. The minimum Gasteiger partial charge on any atom is -0.272 e. The summed E-state index contributed by atoms with van der Waals surface area (Å²) in [5, 5.41) is 0.448. The van der Waals surface area contributed by atoms with Gasteiger partial charge in [0.1, 0.15) is 0 Å². The van der Waals surface area contributed by atoms with Crippen LogP contribution >= 0.6 is 0 Å². The second kappa shape index (κ2) is 4.50. The van der Waals surface area contributed by atoms with E-state index < -0.39 is 33.8 Å². The number of hydrogen-bond donors (Lipinski definition) is 0. The standard InChI is InChI=1S/C15H13NO5S/c17-14-12-9-6-7-10(8-9)13(12)15(18)16(14)21-22(19,20)11-4-2-1-3-5-11/h1-7,9-10,12-13H,8H2. The van der Waals surface area contributed by atoms with Crippen molar-refractivity contribution in [2.24, 2.45) is 23.7 Å². The summed E-state index contributed by atoms with van der Waals surface area (Å²) in [7, 11) is -4.19. The van der Waals surface area contributed by atoms with Gasteiger partial charge in [-0.2, -0.15) is 8.42 Å². The zero-order valence-electron chi connectivity index (χ0n) is 11.5. The minimum atomic E-state index is -4.19. The van der Waals surface area contributed by atoms with Crippen molar-refractivity contribution in [3.8, 4) is 0 Å². The van der Waals surface area contributed by atoms with E-state index in [2.05, 4.69) is 0 Å². The van der Waals surface area contributed by atoms with E-state index in [4.69, 9.17) is 4.28 Å². The van der Waals surface area contributed by atoms with Crippen molar-refractivity contribution in [3.63, 3.8) is 0 Å². The number of carbonyl (C=O) groups excluding carboxylic acids is 2. The van der Waals surface area contributed by atoms with Crippen molar-refractivity contribution in [3.05, 3.63) is 42.5 Å². The Balaban J connectivity index is 1.63. The third-order valence-electron chi connectivity index (χ3n) is 4.63. The van der Waals surface area contributed by atoms with Crippen LogP contribution < -0.4 is 0 Å². The van der Waals surface area contributed by atoms with Crippen molar-refractivity contribution in [1.82, 2.24) is 5.06 Å². The van der Waals surface area contributed by atoms with Crippen LogP contribution in [0.5, 0.6) is 0 Å². The number of fused-ring (bicyclic) bond motifs is 5. The fourth-order valence-corrected chi connectivity index (χ4v) is 4.60. The Morgan fingerprint density at radius 3 is 2.05 bits per heavy atom. The van der Waals surface area contributed by atoms with Gasteiger partial charge in [0.05, 0.1) is 16.7 Å².